The van der Waals surface area contributed by atoms with Crippen LogP contribution in [0.5, 0.6) is 0 Å². The van der Waals surface area contributed by atoms with Crippen molar-refractivity contribution in [1.82, 2.24) is 9.97 Å². The number of ether oxygens (including phenoxy) is 2. The number of aromatic nitrogens is 2. The number of aromatic amines is 1. The second-order valence-electron chi connectivity index (χ2n) is 7.71. The number of H-pyrrole nitrogens is 1. The first-order valence-corrected chi connectivity index (χ1v) is 8.59. The summed E-state index contributed by atoms with van der Waals surface area (Å²) >= 11 is 0. The van der Waals surface area contributed by atoms with Crippen LogP contribution in [0.15, 0.2) is 24.4 Å². The highest BCUT2D eigenvalue weighted by Gasteiger charge is 2.42. The van der Waals surface area contributed by atoms with E-state index < -0.39 is 0 Å². The number of fused-ring (bicyclic) bond motifs is 3. The van der Waals surface area contributed by atoms with E-state index in [1.807, 2.05) is 13.1 Å². The zero-order valence-corrected chi connectivity index (χ0v) is 14.7. The topological polar surface area (TPSA) is 59.2 Å². The number of rotatable bonds is 1. The van der Waals surface area contributed by atoms with Gasteiger partial charge in [-0.3, -0.25) is 0 Å². The fraction of sp³-hybridized carbons (Fsp3) is 0.526. The average molecular weight is 327 g/mol. The third-order valence-electron chi connectivity index (χ3n) is 4.90. The largest absolute Gasteiger partial charge is 0.374 e. The van der Waals surface area contributed by atoms with Crippen molar-refractivity contribution < 1.29 is 9.47 Å². The number of nitrogens with zero attached hydrogens (tertiary/aromatic N) is 1. The molecule has 4 rings (SSSR count). The number of hydrogen-bond acceptors (Lipinski definition) is 4. The van der Waals surface area contributed by atoms with E-state index in [2.05, 4.69) is 54.3 Å². The van der Waals surface area contributed by atoms with Gasteiger partial charge >= 0.3 is 0 Å². The molecule has 0 spiro atoms. The molecule has 0 bridgehead atoms. The molecule has 0 amide bonds. The average Bonchev–Trinajstić information content (AvgIpc) is 2.99. The molecule has 1 fully saturated rings. The minimum absolute atomic E-state index is 0.00626. The molecule has 0 radical (unpaired) electrons. The maximum Gasteiger partial charge on any atom is 0.114 e. The summed E-state index contributed by atoms with van der Waals surface area (Å²) in [6.07, 6.45) is 1.83. The molecule has 2 aliphatic heterocycles. The van der Waals surface area contributed by atoms with Crippen molar-refractivity contribution in [2.24, 2.45) is 0 Å². The summed E-state index contributed by atoms with van der Waals surface area (Å²) in [6.45, 7) is 9.91. The normalized spacial score (nSPS) is 26.4. The number of anilines is 1. The summed E-state index contributed by atoms with van der Waals surface area (Å²) in [5, 5.41) is 3.62. The lowest BCUT2D eigenvalue weighted by Crippen LogP contribution is -2.43. The van der Waals surface area contributed by atoms with Gasteiger partial charge in [0.15, 0.2) is 0 Å². The summed E-state index contributed by atoms with van der Waals surface area (Å²) in [5.74, 6) is 0.911. The molecule has 3 heterocycles. The van der Waals surface area contributed by atoms with Crippen LogP contribution >= 0.6 is 0 Å². The fourth-order valence-corrected chi connectivity index (χ4v) is 3.56. The van der Waals surface area contributed by atoms with Crippen LogP contribution < -0.4 is 5.32 Å². The Morgan fingerprint density at radius 3 is 2.67 bits per heavy atom. The minimum atomic E-state index is -0.0656. The van der Waals surface area contributed by atoms with Crippen molar-refractivity contribution in [2.45, 2.75) is 51.4 Å². The first kappa shape index (κ1) is 15.7. The van der Waals surface area contributed by atoms with Crippen LogP contribution in [0, 0.1) is 6.92 Å². The zero-order chi connectivity index (χ0) is 16.9. The van der Waals surface area contributed by atoms with Crippen LogP contribution in [0.3, 0.4) is 0 Å². The van der Waals surface area contributed by atoms with Gasteiger partial charge in [0.2, 0.25) is 0 Å². The van der Waals surface area contributed by atoms with Gasteiger partial charge in [0.25, 0.3) is 0 Å². The molecule has 5 heteroatoms. The van der Waals surface area contributed by atoms with Crippen molar-refractivity contribution in [2.75, 3.05) is 18.5 Å². The first-order chi connectivity index (χ1) is 11.4. The molecule has 24 heavy (non-hydrogen) atoms. The van der Waals surface area contributed by atoms with Crippen LogP contribution in [0.1, 0.15) is 55.6 Å². The Bertz CT molecular complexity index is 747. The summed E-state index contributed by atoms with van der Waals surface area (Å²) in [4.78, 5) is 7.77. The second-order valence-corrected chi connectivity index (χ2v) is 7.71. The van der Waals surface area contributed by atoms with Crippen LogP contribution in [0.4, 0.5) is 5.69 Å². The van der Waals surface area contributed by atoms with Crippen LogP contribution in [-0.2, 0) is 14.9 Å². The molecule has 1 saturated heterocycles. The van der Waals surface area contributed by atoms with Crippen molar-refractivity contribution in [3.63, 3.8) is 0 Å². The first-order valence-electron chi connectivity index (χ1n) is 8.59. The highest BCUT2D eigenvalue weighted by Crippen LogP contribution is 2.44. The van der Waals surface area contributed by atoms with E-state index in [0.717, 1.165) is 17.2 Å². The molecule has 2 N–H and O–H groups in total. The third-order valence-corrected chi connectivity index (χ3v) is 4.90. The predicted molar refractivity (Wildman–Crippen MR) is 93.3 cm³/mol. The lowest BCUT2D eigenvalue weighted by Gasteiger charge is -2.42. The fourth-order valence-electron chi connectivity index (χ4n) is 3.56. The zero-order valence-electron chi connectivity index (χ0n) is 14.7. The van der Waals surface area contributed by atoms with Crippen molar-refractivity contribution in [3.05, 3.63) is 47.0 Å². The van der Waals surface area contributed by atoms with Gasteiger partial charge in [0.05, 0.1) is 24.9 Å². The molecule has 128 valence electrons. The van der Waals surface area contributed by atoms with Gasteiger partial charge in [-0.15, -0.1) is 0 Å². The number of imidazole rings is 1. The van der Waals surface area contributed by atoms with Crippen molar-refractivity contribution >= 4 is 5.69 Å². The van der Waals surface area contributed by atoms with Crippen molar-refractivity contribution in [3.8, 4) is 0 Å². The molecular formula is C19H25N3O2. The lowest BCUT2D eigenvalue weighted by molar-refractivity contribution is -0.151. The number of benzene rings is 1. The van der Waals surface area contributed by atoms with Crippen LogP contribution in [0.25, 0.3) is 0 Å². The lowest BCUT2D eigenvalue weighted by atomic mass is 9.82. The molecule has 2 aliphatic rings. The molecule has 5 nitrogen and oxygen atoms in total. The van der Waals surface area contributed by atoms with Crippen molar-refractivity contribution in [1.29, 1.82) is 0 Å². The van der Waals surface area contributed by atoms with E-state index in [9.17, 15) is 0 Å². The molecule has 1 aromatic heterocycles. The van der Waals surface area contributed by atoms with Gasteiger partial charge in [-0.25, -0.2) is 4.98 Å². The maximum atomic E-state index is 6.13. The Morgan fingerprint density at radius 2 is 1.96 bits per heavy atom. The molecule has 2 aromatic rings. The Kier molecular flexibility index (Phi) is 3.66. The Hall–Kier alpha value is -1.85. The number of nitrogens with one attached hydrogen (secondary N) is 2. The van der Waals surface area contributed by atoms with E-state index in [1.54, 1.807) is 0 Å². The van der Waals surface area contributed by atoms with Gasteiger partial charge in [-0.2, -0.15) is 0 Å². The quantitative estimate of drug-likeness (QED) is 0.839. The summed E-state index contributed by atoms with van der Waals surface area (Å²) in [7, 11) is 0. The van der Waals surface area contributed by atoms with E-state index >= 15 is 0 Å². The van der Waals surface area contributed by atoms with Crippen LogP contribution in [-0.4, -0.2) is 29.3 Å². The maximum absolute atomic E-state index is 6.13. The highest BCUT2D eigenvalue weighted by atomic mass is 16.6. The van der Waals surface area contributed by atoms with Gasteiger partial charge < -0.3 is 19.8 Å². The second kappa shape index (κ2) is 5.60. The minimum Gasteiger partial charge on any atom is -0.374 e. The molecule has 0 aliphatic carbocycles. The Morgan fingerprint density at radius 1 is 1.17 bits per heavy atom. The Balaban J connectivity index is 1.77. The highest BCUT2D eigenvalue weighted by molar-refractivity contribution is 5.59. The number of aryl methyl sites for hydroxylation is 1. The molecule has 0 saturated carbocycles. The summed E-state index contributed by atoms with van der Waals surface area (Å²) < 4.78 is 12.2. The summed E-state index contributed by atoms with van der Waals surface area (Å²) in [6, 6.07) is 6.62. The predicted octanol–water partition coefficient (Wildman–Crippen LogP) is 3.64. The SMILES string of the molecule is Cc1nc([C@@H]2Nc3ccc(C(C)(C)C)cc3[C@H]3OCCO[C@H]32)c[nH]1. The molecule has 0 unspecified atom stereocenters. The van der Waals surface area contributed by atoms with Crippen LogP contribution in [0.2, 0.25) is 0 Å². The number of hydrogen-bond donors (Lipinski definition) is 2. The van der Waals surface area contributed by atoms with Gasteiger partial charge in [-0.1, -0.05) is 32.9 Å². The van der Waals surface area contributed by atoms with E-state index in [4.69, 9.17) is 9.47 Å². The van der Waals surface area contributed by atoms with Gasteiger partial charge in [0.1, 0.15) is 18.0 Å². The monoisotopic (exact) mass is 327 g/mol. The molecule has 3 atom stereocenters. The third kappa shape index (κ3) is 2.62. The standard InChI is InChI=1S/C19H25N3O2/c1-11-20-10-15(21-11)16-18-17(23-7-8-24-18)13-9-12(19(2,3)4)5-6-14(13)22-16/h5-6,9-10,16-18,22H,7-8H2,1-4H3,(H,20,21)/t16-,17+,18-/m0/s1. The van der Waals surface area contributed by atoms with Gasteiger partial charge in [-0.05, 0) is 24.0 Å². The summed E-state index contributed by atoms with van der Waals surface area (Å²) in [5.41, 5.74) is 4.69. The molecule has 1 aromatic carbocycles. The van der Waals surface area contributed by atoms with Gasteiger partial charge in [0, 0.05) is 17.4 Å². The smallest absolute Gasteiger partial charge is 0.114 e. The van der Waals surface area contributed by atoms with E-state index in [-0.39, 0.29) is 23.7 Å². The van der Waals surface area contributed by atoms with E-state index in [1.165, 1.54) is 11.1 Å². The van der Waals surface area contributed by atoms with E-state index in [0.29, 0.717) is 13.2 Å². The molecular weight excluding hydrogens is 302 g/mol. The Labute approximate surface area is 142 Å².